The van der Waals surface area contributed by atoms with Gasteiger partial charge in [0.1, 0.15) is 5.65 Å². The molecule has 0 saturated carbocycles. The lowest BCUT2D eigenvalue weighted by Gasteiger charge is -2.07. The Kier molecular flexibility index (Phi) is 3.31. The van der Waals surface area contributed by atoms with Crippen LogP contribution in [0.3, 0.4) is 0 Å². The van der Waals surface area contributed by atoms with E-state index in [0.717, 1.165) is 22.3 Å². The maximum Gasteiger partial charge on any atom is 0.294 e. The van der Waals surface area contributed by atoms with Crippen molar-refractivity contribution in [3.8, 4) is 5.69 Å². The number of hydrogen-bond acceptors (Lipinski definition) is 5. The van der Waals surface area contributed by atoms with Gasteiger partial charge < -0.3 is 9.84 Å². The minimum Gasteiger partial charge on any atom is -0.351 e. The first-order valence-corrected chi connectivity index (χ1v) is 7.32. The number of rotatable bonds is 3. The predicted octanol–water partition coefficient (Wildman–Crippen LogP) is 2.97. The fraction of sp³-hybridized carbons (Fsp3) is 0.0588. The van der Waals surface area contributed by atoms with Crippen LogP contribution >= 0.6 is 0 Å². The van der Waals surface area contributed by atoms with E-state index in [1.165, 1.54) is 12.3 Å². The molecule has 0 aromatic carbocycles. The predicted molar refractivity (Wildman–Crippen MR) is 88.1 cm³/mol. The number of aryl methyl sites for hydroxylation is 1. The Morgan fingerprint density at radius 1 is 1.21 bits per heavy atom. The Balaban J connectivity index is 1.68. The van der Waals surface area contributed by atoms with Gasteiger partial charge in [0.2, 0.25) is 5.76 Å². The fourth-order valence-electron chi connectivity index (χ4n) is 2.50. The third kappa shape index (κ3) is 2.52. The van der Waals surface area contributed by atoms with Crippen LogP contribution in [0.5, 0.6) is 0 Å². The van der Waals surface area contributed by atoms with Crippen LogP contribution in [0.4, 0.5) is 5.69 Å². The normalized spacial score (nSPS) is 10.9. The third-order valence-corrected chi connectivity index (χ3v) is 3.58. The average Bonchev–Trinajstić information content (AvgIpc) is 3.24. The van der Waals surface area contributed by atoms with Crippen molar-refractivity contribution in [3.63, 3.8) is 0 Å². The highest BCUT2D eigenvalue weighted by Crippen LogP contribution is 2.21. The van der Waals surface area contributed by atoms with Gasteiger partial charge >= 0.3 is 0 Å². The first-order chi connectivity index (χ1) is 11.7. The molecule has 118 valence electrons. The molecule has 24 heavy (non-hydrogen) atoms. The monoisotopic (exact) mass is 319 g/mol. The molecular weight excluding hydrogens is 306 g/mol. The molecule has 0 aliphatic rings. The number of nitrogens with zero attached hydrogens (tertiary/aromatic N) is 4. The molecule has 0 bridgehead atoms. The molecule has 0 spiro atoms. The minimum atomic E-state index is -0.377. The molecule has 0 aliphatic heterocycles. The largest absolute Gasteiger partial charge is 0.351 e. The molecule has 0 saturated heterocycles. The molecule has 7 nitrogen and oxygen atoms in total. The zero-order valence-corrected chi connectivity index (χ0v) is 12.8. The van der Waals surface area contributed by atoms with Gasteiger partial charge in [-0.05, 0) is 30.7 Å². The number of nitrogens with one attached hydrogen (secondary N) is 1. The van der Waals surface area contributed by atoms with Crippen LogP contribution in [0.15, 0.2) is 59.8 Å². The molecule has 4 aromatic heterocycles. The number of hydrogen-bond donors (Lipinski definition) is 1. The van der Waals surface area contributed by atoms with Crippen molar-refractivity contribution >= 4 is 22.6 Å². The lowest BCUT2D eigenvalue weighted by atomic mass is 10.2. The summed E-state index contributed by atoms with van der Waals surface area (Å²) >= 11 is 0. The van der Waals surface area contributed by atoms with Gasteiger partial charge in [-0.2, -0.15) is 0 Å². The van der Waals surface area contributed by atoms with Crippen molar-refractivity contribution in [2.45, 2.75) is 6.92 Å². The van der Waals surface area contributed by atoms with E-state index in [9.17, 15) is 4.79 Å². The highest BCUT2D eigenvalue weighted by Gasteiger charge is 2.11. The van der Waals surface area contributed by atoms with Crippen molar-refractivity contribution in [2.75, 3.05) is 5.32 Å². The van der Waals surface area contributed by atoms with Gasteiger partial charge in [-0.1, -0.05) is 5.16 Å². The van der Waals surface area contributed by atoms with E-state index < -0.39 is 0 Å². The number of carbonyl (C=O) groups is 1. The van der Waals surface area contributed by atoms with Gasteiger partial charge in [-0.25, -0.2) is 4.98 Å². The smallest absolute Gasteiger partial charge is 0.294 e. The zero-order chi connectivity index (χ0) is 16.5. The molecule has 0 fully saturated rings. The highest BCUT2D eigenvalue weighted by atomic mass is 16.5. The first kappa shape index (κ1) is 14.1. The van der Waals surface area contributed by atoms with E-state index >= 15 is 0 Å². The van der Waals surface area contributed by atoms with Crippen LogP contribution in [-0.4, -0.2) is 25.6 Å². The van der Waals surface area contributed by atoms with Gasteiger partial charge in [0.25, 0.3) is 5.91 Å². The summed E-state index contributed by atoms with van der Waals surface area (Å²) in [5, 5.41) is 7.30. The maximum absolute atomic E-state index is 12.0. The summed E-state index contributed by atoms with van der Waals surface area (Å²) in [5.41, 5.74) is 3.30. The van der Waals surface area contributed by atoms with Crippen molar-refractivity contribution in [1.82, 2.24) is 19.7 Å². The molecule has 1 amide bonds. The molecule has 0 unspecified atom stereocenters. The standard InChI is InChI=1S/C17H13N5O2/c1-11-6-12-3-5-22(16(12)19-8-11)14-7-13(9-18-10-14)21-17(23)15-2-4-20-24-15/h2-10H,1H3,(H,21,23). The Labute approximate surface area is 136 Å². The summed E-state index contributed by atoms with van der Waals surface area (Å²) in [7, 11) is 0. The molecule has 4 aromatic rings. The van der Waals surface area contributed by atoms with Gasteiger partial charge in [0, 0.05) is 23.8 Å². The Morgan fingerprint density at radius 2 is 2.12 bits per heavy atom. The van der Waals surface area contributed by atoms with Crippen LogP contribution in [0, 0.1) is 6.92 Å². The Morgan fingerprint density at radius 3 is 2.96 bits per heavy atom. The number of amides is 1. The maximum atomic E-state index is 12.0. The SMILES string of the molecule is Cc1cnc2c(ccn2-c2cncc(NC(=O)c3ccno3)c2)c1. The van der Waals surface area contributed by atoms with Crippen LogP contribution in [0.25, 0.3) is 16.7 Å². The fourth-order valence-corrected chi connectivity index (χ4v) is 2.50. The van der Waals surface area contributed by atoms with Crippen LogP contribution in [-0.2, 0) is 0 Å². The van der Waals surface area contributed by atoms with E-state index in [1.54, 1.807) is 12.4 Å². The summed E-state index contributed by atoms with van der Waals surface area (Å²) < 4.78 is 6.76. The average molecular weight is 319 g/mol. The number of pyridine rings is 2. The minimum absolute atomic E-state index is 0.143. The molecule has 0 atom stereocenters. The van der Waals surface area contributed by atoms with E-state index in [0.29, 0.717) is 5.69 Å². The van der Waals surface area contributed by atoms with Crippen LogP contribution in [0.2, 0.25) is 0 Å². The van der Waals surface area contributed by atoms with E-state index in [-0.39, 0.29) is 11.7 Å². The molecule has 7 heteroatoms. The van der Waals surface area contributed by atoms with E-state index in [2.05, 4.69) is 26.5 Å². The van der Waals surface area contributed by atoms with Crippen LogP contribution < -0.4 is 5.32 Å². The van der Waals surface area contributed by atoms with Crippen LogP contribution in [0.1, 0.15) is 16.1 Å². The van der Waals surface area contributed by atoms with Crippen molar-refractivity contribution in [1.29, 1.82) is 0 Å². The lowest BCUT2D eigenvalue weighted by Crippen LogP contribution is -2.11. The van der Waals surface area contributed by atoms with E-state index in [1.807, 2.05) is 36.0 Å². The third-order valence-electron chi connectivity index (χ3n) is 3.58. The van der Waals surface area contributed by atoms with Gasteiger partial charge in [-0.3, -0.25) is 14.3 Å². The Hall–Kier alpha value is -3.48. The molecular formula is C17H13N5O2. The summed E-state index contributed by atoms with van der Waals surface area (Å²) in [6.45, 7) is 2.00. The number of fused-ring (bicyclic) bond motifs is 1. The first-order valence-electron chi connectivity index (χ1n) is 7.32. The second-order valence-electron chi connectivity index (χ2n) is 5.37. The molecule has 4 rings (SSSR count). The van der Waals surface area contributed by atoms with E-state index in [4.69, 9.17) is 4.52 Å². The molecule has 1 N–H and O–H groups in total. The number of carbonyl (C=O) groups excluding carboxylic acids is 1. The highest BCUT2D eigenvalue weighted by molar-refractivity contribution is 6.02. The second kappa shape index (κ2) is 5.62. The molecule has 0 aliphatic carbocycles. The quantitative estimate of drug-likeness (QED) is 0.627. The second-order valence-corrected chi connectivity index (χ2v) is 5.37. The van der Waals surface area contributed by atoms with Crippen molar-refractivity contribution in [2.24, 2.45) is 0 Å². The van der Waals surface area contributed by atoms with Crippen molar-refractivity contribution < 1.29 is 9.32 Å². The topological polar surface area (TPSA) is 85.8 Å². The summed E-state index contributed by atoms with van der Waals surface area (Å²) in [6.07, 6.45) is 8.45. The van der Waals surface area contributed by atoms with Gasteiger partial charge in [0.15, 0.2) is 0 Å². The zero-order valence-electron chi connectivity index (χ0n) is 12.8. The van der Waals surface area contributed by atoms with Crippen molar-refractivity contribution in [3.05, 3.63) is 66.6 Å². The lowest BCUT2D eigenvalue weighted by molar-refractivity contribution is 0.0988. The Bertz CT molecular complexity index is 1020. The number of anilines is 1. The molecule has 0 radical (unpaired) electrons. The van der Waals surface area contributed by atoms with Gasteiger partial charge in [0.05, 0.1) is 30.0 Å². The summed E-state index contributed by atoms with van der Waals surface area (Å²) in [5.74, 6) is -0.235. The van der Waals surface area contributed by atoms with Gasteiger partial charge in [-0.15, -0.1) is 0 Å². The summed E-state index contributed by atoms with van der Waals surface area (Å²) in [4.78, 5) is 20.7. The molecule has 4 heterocycles. The number of aromatic nitrogens is 4. The summed E-state index contributed by atoms with van der Waals surface area (Å²) in [6, 6.07) is 7.39.